The maximum atomic E-state index is 12.6. The third-order valence-electron chi connectivity index (χ3n) is 7.28. The summed E-state index contributed by atoms with van der Waals surface area (Å²) in [6, 6.07) is 13.8. The molecule has 5 heteroatoms. The van der Waals surface area contributed by atoms with Crippen LogP contribution in [0.3, 0.4) is 0 Å². The molecule has 0 aliphatic heterocycles. The number of carbonyl (C=O) groups excluding carboxylic acids is 1. The molecule has 0 radical (unpaired) electrons. The smallest absolute Gasteiger partial charge is 0.287 e. The van der Waals surface area contributed by atoms with Gasteiger partial charge in [0, 0.05) is 23.0 Å². The Balaban J connectivity index is 1.45. The van der Waals surface area contributed by atoms with Crippen LogP contribution in [0.5, 0.6) is 0 Å². The summed E-state index contributed by atoms with van der Waals surface area (Å²) < 4.78 is 5.93. The maximum absolute atomic E-state index is 12.6. The SMILES string of the molecule is Cc1cc2c(cc1Cc1ccc(C(=O)NCCc3c(Cl)cccc3Cl)o1)C(C)(C)CCC2(C)C. The number of benzene rings is 2. The predicted octanol–water partition coefficient (Wildman–Crippen LogP) is 7.81. The topological polar surface area (TPSA) is 42.2 Å². The van der Waals surface area contributed by atoms with Gasteiger partial charge in [0.1, 0.15) is 5.76 Å². The van der Waals surface area contributed by atoms with Gasteiger partial charge in [0.05, 0.1) is 0 Å². The standard InChI is InChI=1S/C29H33Cl2NO2/c1-18-15-22-23(29(4,5)13-12-28(22,2)3)17-19(18)16-20-9-10-26(34-20)27(33)32-14-11-21-24(30)7-6-8-25(21)31/h6-10,15,17H,11-14,16H2,1-5H3,(H,32,33). The number of aryl methyl sites for hydroxylation is 1. The lowest BCUT2D eigenvalue weighted by Crippen LogP contribution is -2.34. The second-order valence-electron chi connectivity index (χ2n) is 10.7. The van der Waals surface area contributed by atoms with Crippen LogP contribution >= 0.6 is 23.2 Å². The first-order valence-electron chi connectivity index (χ1n) is 11.9. The monoisotopic (exact) mass is 497 g/mol. The van der Waals surface area contributed by atoms with Gasteiger partial charge in [-0.05, 0) is 89.1 Å². The minimum absolute atomic E-state index is 0.159. The van der Waals surface area contributed by atoms with Gasteiger partial charge in [-0.2, -0.15) is 0 Å². The Hall–Kier alpha value is -2.23. The van der Waals surface area contributed by atoms with E-state index >= 15 is 0 Å². The van der Waals surface area contributed by atoms with Gasteiger partial charge in [-0.1, -0.05) is 69.1 Å². The summed E-state index contributed by atoms with van der Waals surface area (Å²) in [6.07, 6.45) is 3.60. The number of halogens is 2. The Labute approximate surface area is 212 Å². The van der Waals surface area contributed by atoms with Crippen LogP contribution < -0.4 is 5.32 Å². The molecule has 3 aromatic rings. The molecule has 1 heterocycles. The fraction of sp³-hybridized carbons (Fsp3) is 0.414. The summed E-state index contributed by atoms with van der Waals surface area (Å²) in [7, 11) is 0. The summed E-state index contributed by atoms with van der Waals surface area (Å²) in [5.74, 6) is 0.868. The highest BCUT2D eigenvalue weighted by Gasteiger charge is 2.37. The van der Waals surface area contributed by atoms with E-state index in [4.69, 9.17) is 27.6 Å². The van der Waals surface area contributed by atoms with Crippen molar-refractivity contribution in [3.05, 3.63) is 91.8 Å². The molecule has 3 nitrogen and oxygen atoms in total. The van der Waals surface area contributed by atoms with Crippen LogP contribution in [0.4, 0.5) is 0 Å². The molecule has 2 aromatic carbocycles. The largest absolute Gasteiger partial charge is 0.456 e. The van der Waals surface area contributed by atoms with Crippen molar-refractivity contribution in [2.45, 2.75) is 71.1 Å². The number of hydrogen-bond acceptors (Lipinski definition) is 2. The van der Waals surface area contributed by atoms with Gasteiger partial charge >= 0.3 is 0 Å². The van der Waals surface area contributed by atoms with Crippen molar-refractivity contribution in [3.8, 4) is 0 Å². The third-order valence-corrected chi connectivity index (χ3v) is 7.99. The number of hydrogen-bond donors (Lipinski definition) is 1. The normalized spacial score (nSPS) is 16.2. The molecule has 0 spiro atoms. The van der Waals surface area contributed by atoms with Crippen LogP contribution in [0.1, 0.15) is 84.7 Å². The van der Waals surface area contributed by atoms with Gasteiger partial charge in [0.25, 0.3) is 5.91 Å². The van der Waals surface area contributed by atoms with Crippen molar-refractivity contribution in [2.75, 3.05) is 6.54 Å². The van der Waals surface area contributed by atoms with E-state index in [0.717, 1.165) is 11.3 Å². The van der Waals surface area contributed by atoms with Gasteiger partial charge in [-0.3, -0.25) is 4.79 Å². The Bertz CT molecular complexity index is 1200. The van der Waals surface area contributed by atoms with E-state index in [1.807, 2.05) is 12.1 Å². The lowest BCUT2D eigenvalue weighted by atomic mass is 9.62. The number of carbonyl (C=O) groups is 1. The van der Waals surface area contributed by atoms with Crippen LogP contribution in [0.15, 0.2) is 46.9 Å². The number of rotatable bonds is 6. The molecule has 180 valence electrons. The summed E-state index contributed by atoms with van der Waals surface area (Å²) >= 11 is 12.4. The van der Waals surface area contributed by atoms with Gasteiger partial charge in [-0.15, -0.1) is 0 Å². The molecule has 1 aliphatic rings. The molecule has 0 unspecified atom stereocenters. The van der Waals surface area contributed by atoms with E-state index in [0.29, 0.717) is 35.2 Å². The average Bonchev–Trinajstić information content (AvgIpc) is 3.23. The van der Waals surface area contributed by atoms with E-state index in [1.54, 1.807) is 18.2 Å². The highest BCUT2D eigenvalue weighted by molar-refractivity contribution is 6.36. The molecule has 0 bridgehead atoms. The van der Waals surface area contributed by atoms with Crippen LogP contribution in [0.2, 0.25) is 10.0 Å². The van der Waals surface area contributed by atoms with Crippen molar-refractivity contribution in [2.24, 2.45) is 0 Å². The zero-order valence-corrected chi connectivity index (χ0v) is 22.2. The highest BCUT2D eigenvalue weighted by atomic mass is 35.5. The number of fused-ring (bicyclic) bond motifs is 1. The second-order valence-corrected chi connectivity index (χ2v) is 11.6. The first kappa shape index (κ1) is 24.9. The quantitative estimate of drug-likeness (QED) is 0.377. The van der Waals surface area contributed by atoms with E-state index in [2.05, 4.69) is 52.1 Å². The number of furan rings is 1. The lowest BCUT2D eigenvalue weighted by molar-refractivity contribution is 0.0925. The molecule has 1 aliphatic carbocycles. The fourth-order valence-electron chi connectivity index (χ4n) is 4.90. The number of nitrogens with one attached hydrogen (secondary N) is 1. The van der Waals surface area contributed by atoms with E-state index < -0.39 is 0 Å². The number of amides is 1. The van der Waals surface area contributed by atoms with Gasteiger partial charge in [0.15, 0.2) is 5.76 Å². The predicted molar refractivity (Wildman–Crippen MR) is 140 cm³/mol. The molecule has 1 amide bonds. The van der Waals surface area contributed by atoms with Crippen LogP contribution in [0.25, 0.3) is 0 Å². The summed E-state index contributed by atoms with van der Waals surface area (Å²) in [5, 5.41) is 4.11. The molecule has 1 aromatic heterocycles. The molecule has 0 saturated heterocycles. The minimum Gasteiger partial charge on any atom is -0.456 e. The molecule has 34 heavy (non-hydrogen) atoms. The first-order chi connectivity index (χ1) is 16.0. The van der Waals surface area contributed by atoms with Crippen LogP contribution in [0, 0.1) is 6.92 Å². The van der Waals surface area contributed by atoms with Gasteiger partial charge in [0.2, 0.25) is 0 Å². The molecule has 4 rings (SSSR count). The molecule has 1 N–H and O–H groups in total. The second kappa shape index (κ2) is 9.43. The summed E-state index contributed by atoms with van der Waals surface area (Å²) in [4.78, 5) is 12.6. The maximum Gasteiger partial charge on any atom is 0.287 e. The molecule has 0 saturated carbocycles. The summed E-state index contributed by atoms with van der Waals surface area (Å²) in [6.45, 7) is 12.0. The third kappa shape index (κ3) is 5.06. The average molecular weight is 498 g/mol. The van der Waals surface area contributed by atoms with Gasteiger partial charge < -0.3 is 9.73 Å². The fourth-order valence-corrected chi connectivity index (χ4v) is 5.49. The van der Waals surface area contributed by atoms with Gasteiger partial charge in [-0.25, -0.2) is 0 Å². The van der Waals surface area contributed by atoms with E-state index in [-0.39, 0.29) is 16.7 Å². The molecular weight excluding hydrogens is 465 g/mol. The molecular formula is C29H33Cl2NO2. The van der Waals surface area contributed by atoms with E-state index in [9.17, 15) is 4.79 Å². The zero-order chi connectivity index (χ0) is 24.7. The van der Waals surface area contributed by atoms with E-state index in [1.165, 1.54) is 35.1 Å². The Morgan fingerprint density at radius 2 is 1.59 bits per heavy atom. The van der Waals surface area contributed by atoms with Crippen molar-refractivity contribution in [1.82, 2.24) is 5.32 Å². The Morgan fingerprint density at radius 3 is 2.24 bits per heavy atom. The van der Waals surface area contributed by atoms with Crippen LogP contribution in [-0.4, -0.2) is 12.5 Å². The van der Waals surface area contributed by atoms with Crippen molar-refractivity contribution < 1.29 is 9.21 Å². The Kier molecular flexibility index (Phi) is 6.90. The molecule has 0 atom stereocenters. The van der Waals surface area contributed by atoms with Crippen molar-refractivity contribution in [1.29, 1.82) is 0 Å². The summed E-state index contributed by atoms with van der Waals surface area (Å²) in [5.41, 5.74) is 6.60. The van der Waals surface area contributed by atoms with Crippen molar-refractivity contribution >= 4 is 29.1 Å². The van der Waals surface area contributed by atoms with Crippen LogP contribution in [-0.2, 0) is 23.7 Å². The first-order valence-corrected chi connectivity index (χ1v) is 12.7. The molecule has 0 fully saturated rings. The highest BCUT2D eigenvalue weighted by Crippen LogP contribution is 2.46. The van der Waals surface area contributed by atoms with Crippen molar-refractivity contribution in [3.63, 3.8) is 0 Å². The zero-order valence-electron chi connectivity index (χ0n) is 20.6. The minimum atomic E-state index is -0.237. The Morgan fingerprint density at radius 1 is 0.971 bits per heavy atom. The lowest BCUT2D eigenvalue weighted by Gasteiger charge is -2.42.